The van der Waals surface area contributed by atoms with Gasteiger partial charge in [-0.25, -0.2) is 0 Å². The van der Waals surface area contributed by atoms with Gasteiger partial charge in [0, 0.05) is 12.3 Å². The van der Waals surface area contributed by atoms with Gasteiger partial charge in [0.2, 0.25) is 7.37 Å². The highest BCUT2D eigenvalue weighted by molar-refractivity contribution is 7.58. The highest BCUT2D eigenvalue weighted by Crippen LogP contribution is 2.47. The van der Waals surface area contributed by atoms with E-state index in [4.69, 9.17) is 10.3 Å². The van der Waals surface area contributed by atoms with Crippen LogP contribution in [-0.2, 0) is 9.09 Å². The van der Waals surface area contributed by atoms with E-state index in [0.717, 1.165) is 12.8 Å². The van der Waals surface area contributed by atoms with Crippen LogP contribution in [0.2, 0.25) is 0 Å². The molecule has 0 amide bonds. The van der Waals surface area contributed by atoms with Gasteiger partial charge in [0.05, 0.1) is 6.61 Å². The Kier molecular flexibility index (Phi) is 7.52. The fourth-order valence-corrected chi connectivity index (χ4v) is 3.30. The zero-order valence-corrected chi connectivity index (χ0v) is 10.6. The minimum atomic E-state index is -2.38. The summed E-state index contributed by atoms with van der Waals surface area (Å²) in [6, 6.07) is 0. The van der Waals surface area contributed by atoms with E-state index >= 15 is 0 Å². The molecule has 2 unspecified atom stereocenters. The van der Waals surface area contributed by atoms with Crippen LogP contribution in [0.15, 0.2) is 0 Å². The molecule has 86 valence electrons. The van der Waals surface area contributed by atoms with E-state index in [1.165, 1.54) is 0 Å². The second kappa shape index (κ2) is 7.44. The minimum absolute atomic E-state index is 0.294. The maximum absolute atomic E-state index is 12.1. The number of unbranched alkanes of at least 4 members (excludes halogenated alkanes) is 1. The normalized spacial score (nSPS) is 17.7. The first-order valence-corrected chi connectivity index (χ1v) is 7.50. The van der Waals surface area contributed by atoms with Crippen molar-refractivity contribution in [3.8, 4) is 0 Å². The first kappa shape index (κ1) is 14.2. The molecule has 0 spiro atoms. The summed E-state index contributed by atoms with van der Waals surface area (Å²) in [5, 5.41) is 0. The minimum Gasteiger partial charge on any atom is -0.330 e. The molecular weight excluding hydrogens is 197 g/mol. The maximum Gasteiger partial charge on any atom is 0.203 e. The van der Waals surface area contributed by atoms with Crippen LogP contribution >= 0.6 is 7.37 Å². The Balaban J connectivity index is 3.98. The molecule has 0 aromatic rings. The van der Waals surface area contributed by atoms with Crippen molar-refractivity contribution in [2.45, 2.75) is 33.6 Å². The molecule has 0 heterocycles. The quantitative estimate of drug-likeness (QED) is 0.506. The van der Waals surface area contributed by atoms with Crippen LogP contribution in [0, 0.1) is 5.92 Å². The van der Waals surface area contributed by atoms with Gasteiger partial charge in [-0.1, -0.05) is 27.2 Å². The van der Waals surface area contributed by atoms with E-state index in [0.29, 0.717) is 31.4 Å². The topological polar surface area (TPSA) is 52.3 Å². The summed E-state index contributed by atoms with van der Waals surface area (Å²) in [7, 11) is -2.38. The standard InChI is InChI=1S/C10H24NO2P/c1-4-6-7-13-14(12,5-2)9-10(3)8-11/h10H,4-9,11H2,1-3H3. The lowest BCUT2D eigenvalue weighted by Gasteiger charge is -2.19. The molecule has 0 fully saturated rings. The van der Waals surface area contributed by atoms with E-state index in [9.17, 15) is 4.57 Å². The van der Waals surface area contributed by atoms with Crippen LogP contribution in [0.1, 0.15) is 33.6 Å². The van der Waals surface area contributed by atoms with Gasteiger partial charge in [0.15, 0.2) is 0 Å². The van der Waals surface area contributed by atoms with E-state index < -0.39 is 7.37 Å². The second-order valence-corrected chi connectivity index (χ2v) is 6.73. The molecule has 4 heteroatoms. The van der Waals surface area contributed by atoms with E-state index in [1.54, 1.807) is 0 Å². The third kappa shape index (κ3) is 5.79. The van der Waals surface area contributed by atoms with Crippen LogP contribution in [0.5, 0.6) is 0 Å². The van der Waals surface area contributed by atoms with Gasteiger partial charge in [0.25, 0.3) is 0 Å². The van der Waals surface area contributed by atoms with Gasteiger partial charge in [-0.3, -0.25) is 4.57 Å². The molecule has 3 nitrogen and oxygen atoms in total. The summed E-state index contributed by atoms with van der Waals surface area (Å²) in [6.45, 7) is 7.25. The van der Waals surface area contributed by atoms with Gasteiger partial charge in [-0.05, 0) is 18.9 Å². The second-order valence-electron chi connectivity index (χ2n) is 3.84. The summed E-state index contributed by atoms with van der Waals surface area (Å²) in [4.78, 5) is 0. The third-order valence-electron chi connectivity index (χ3n) is 2.30. The summed E-state index contributed by atoms with van der Waals surface area (Å²) in [5.74, 6) is 0.294. The number of hydrogen-bond donors (Lipinski definition) is 1. The third-order valence-corrected chi connectivity index (χ3v) is 5.09. The number of nitrogens with two attached hydrogens (primary N) is 1. The highest BCUT2D eigenvalue weighted by Gasteiger charge is 2.22. The van der Waals surface area contributed by atoms with E-state index in [-0.39, 0.29) is 0 Å². The van der Waals surface area contributed by atoms with Gasteiger partial charge >= 0.3 is 0 Å². The molecule has 0 saturated heterocycles. The average Bonchev–Trinajstić information content (AvgIpc) is 2.18. The molecule has 14 heavy (non-hydrogen) atoms. The molecule has 0 aliphatic carbocycles. The molecule has 0 bridgehead atoms. The molecule has 0 rings (SSSR count). The van der Waals surface area contributed by atoms with Crippen LogP contribution < -0.4 is 5.73 Å². The highest BCUT2D eigenvalue weighted by atomic mass is 31.2. The maximum atomic E-state index is 12.1. The fraction of sp³-hybridized carbons (Fsp3) is 1.00. The average molecular weight is 221 g/mol. The smallest absolute Gasteiger partial charge is 0.203 e. The Morgan fingerprint density at radius 3 is 2.50 bits per heavy atom. The largest absolute Gasteiger partial charge is 0.330 e. The Labute approximate surface area is 87.9 Å². The lowest BCUT2D eigenvalue weighted by atomic mass is 10.2. The molecule has 2 N–H and O–H groups in total. The fourth-order valence-electron chi connectivity index (χ4n) is 1.20. The molecule has 0 aromatic heterocycles. The van der Waals surface area contributed by atoms with Crippen molar-refractivity contribution in [1.29, 1.82) is 0 Å². The summed E-state index contributed by atoms with van der Waals surface area (Å²) in [5.41, 5.74) is 5.51. The van der Waals surface area contributed by atoms with Crippen LogP contribution in [0.25, 0.3) is 0 Å². The summed E-state index contributed by atoms with van der Waals surface area (Å²) >= 11 is 0. The Morgan fingerprint density at radius 2 is 2.07 bits per heavy atom. The molecule has 0 radical (unpaired) electrons. The van der Waals surface area contributed by atoms with Crippen molar-refractivity contribution in [3.05, 3.63) is 0 Å². The predicted molar refractivity (Wildman–Crippen MR) is 62.1 cm³/mol. The van der Waals surface area contributed by atoms with E-state index in [1.807, 2.05) is 13.8 Å². The predicted octanol–water partition coefficient (Wildman–Crippen LogP) is 2.70. The van der Waals surface area contributed by atoms with Gasteiger partial charge in [-0.15, -0.1) is 0 Å². The van der Waals surface area contributed by atoms with Crippen molar-refractivity contribution in [2.75, 3.05) is 25.5 Å². The lowest BCUT2D eigenvalue weighted by molar-refractivity contribution is 0.303. The first-order chi connectivity index (χ1) is 6.58. The van der Waals surface area contributed by atoms with Crippen molar-refractivity contribution >= 4 is 7.37 Å². The van der Waals surface area contributed by atoms with Crippen LogP contribution in [0.3, 0.4) is 0 Å². The van der Waals surface area contributed by atoms with Crippen molar-refractivity contribution in [3.63, 3.8) is 0 Å². The molecule has 0 aliphatic rings. The zero-order valence-electron chi connectivity index (χ0n) is 9.66. The molecule has 2 atom stereocenters. The number of rotatable bonds is 8. The SMILES string of the molecule is CCCCOP(=O)(CC)CC(C)CN. The zero-order chi connectivity index (χ0) is 11.0. The van der Waals surface area contributed by atoms with Crippen molar-refractivity contribution in [1.82, 2.24) is 0 Å². The molecule has 0 aromatic carbocycles. The van der Waals surface area contributed by atoms with Crippen molar-refractivity contribution < 1.29 is 9.09 Å². The first-order valence-electron chi connectivity index (χ1n) is 5.50. The Hall–Kier alpha value is 0.150. The van der Waals surface area contributed by atoms with Gasteiger partial charge in [-0.2, -0.15) is 0 Å². The Bertz CT molecular complexity index is 185. The summed E-state index contributed by atoms with van der Waals surface area (Å²) < 4.78 is 17.6. The van der Waals surface area contributed by atoms with Crippen LogP contribution in [-0.4, -0.2) is 25.5 Å². The van der Waals surface area contributed by atoms with Crippen molar-refractivity contribution in [2.24, 2.45) is 11.7 Å². The van der Waals surface area contributed by atoms with Gasteiger partial charge < -0.3 is 10.3 Å². The molecule has 0 saturated carbocycles. The lowest BCUT2D eigenvalue weighted by Crippen LogP contribution is -2.16. The summed E-state index contributed by atoms with van der Waals surface area (Å²) in [6.07, 6.45) is 3.32. The number of hydrogen-bond acceptors (Lipinski definition) is 3. The van der Waals surface area contributed by atoms with Crippen LogP contribution in [0.4, 0.5) is 0 Å². The Morgan fingerprint density at radius 1 is 1.43 bits per heavy atom. The monoisotopic (exact) mass is 221 g/mol. The van der Waals surface area contributed by atoms with Gasteiger partial charge in [0.1, 0.15) is 0 Å². The van der Waals surface area contributed by atoms with E-state index in [2.05, 4.69) is 6.92 Å². The molecule has 0 aliphatic heterocycles. The molecular formula is C10H24NO2P.